The molecular formula is C11H20O5. The molecule has 5 nitrogen and oxygen atoms in total. The molecule has 94 valence electrons. The first-order valence-corrected chi connectivity index (χ1v) is 5.11. The Morgan fingerprint density at radius 1 is 1.06 bits per heavy atom. The first kappa shape index (κ1) is 14.9. The van der Waals surface area contributed by atoms with E-state index in [0.717, 1.165) is 7.11 Å². The number of rotatable bonds is 4. The Kier molecular flexibility index (Phi) is 4.93. The van der Waals surface area contributed by atoms with E-state index >= 15 is 0 Å². The highest BCUT2D eigenvalue weighted by Crippen LogP contribution is 2.22. The molecule has 0 heterocycles. The third-order valence-corrected chi connectivity index (χ3v) is 2.06. The van der Waals surface area contributed by atoms with E-state index in [-0.39, 0.29) is 0 Å². The highest BCUT2D eigenvalue weighted by Gasteiger charge is 2.29. The second-order valence-electron chi connectivity index (χ2n) is 4.95. The lowest BCUT2D eigenvalue weighted by Gasteiger charge is -2.27. The monoisotopic (exact) mass is 232 g/mol. The molecule has 5 heteroatoms. The molecule has 0 spiro atoms. The average Bonchev–Trinajstić information content (AvgIpc) is 2.12. The highest BCUT2D eigenvalue weighted by atomic mass is 16.6. The third kappa shape index (κ3) is 6.40. The van der Waals surface area contributed by atoms with Gasteiger partial charge in [-0.1, -0.05) is 0 Å². The Balaban J connectivity index is 4.24. The number of methoxy groups -OCH3 is 1. The minimum atomic E-state index is -1.02. The maximum atomic E-state index is 11.2. The van der Waals surface area contributed by atoms with Crippen molar-refractivity contribution < 1.29 is 24.2 Å². The second-order valence-corrected chi connectivity index (χ2v) is 4.95. The standard InChI is InChI=1S/C11H20O5/c1-10(2,14)6-7-11(3,4)16-9(13)8(12)15-5/h14H,6-7H2,1-5H3. The molecule has 0 saturated heterocycles. The molecule has 0 aliphatic rings. The van der Waals surface area contributed by atoms with Crippen molar-refractivity contribution >= 4 is 11.9 Å². The van der Waals surface area contributed by atoms with Gasteiger partial charge in [-0.25, -0.2) is 9.59 Å². The predicted octanol–water partition coefficient (Wildman–Crippen LogP) is 1.03. The Hall–Kier alpha value is -1.10. The van der Waals surface area contributed by atoms with Crippen molar-refractivity contribution in [2.24, 2.45) is 0 Å². The minimum Gasteiger partial charge on any atom is -0.461 e. The van der Waals surface area contributed by atoms with Gasteiger partial charge in [0.1, 0.15) is 5.60 Å². The van der Waals surface area contributed by atoms with Crippen LogP contribution in [0.25, 0.3) is 0 Å². The largest absolute Gasteiger partial charge is 0.461 e. The van der Waals surface area contributed by atoms with Gasteiger partial charge in [0.05, 0.1) is 12.7 Å². The number of ether oxygens (including phenoxy) is 2. The molecular weight excluding hydrogens is 212 g/mol. The van der Waals surface area contributed by atoms with Crippen LogP contribution < -0.4 is 0 Å². The zero-order valence-electron chi connectivity index (χ0n) is 10.5. The maximum absolute atomic E-state index is 11.2. The lowest BCUT2D eigenvalue weighted by atomic mass is 9.94. The summed E-state index contributed by atoms with van der Waals surface area (Å²) in [6.07, 6.45) is 0.924. The molecule has 16 heavy (non-hydrogen) atoms. The number of carbonyl (C=O) groups is 2. The molecule has 0 bridgehead atoms. The van der Waals surface area contributed by atoms with Gasteiger partial charge in [0.2, 0.25) is 0 Å². The maximum Gasteiger partial charge on any atom is 0.417 e. The van der Waals surface area contributed by atoms with E-state index in [1.54, 1.807) is 27.7 Å². The summed E-state index contributed by atoms with van der Waals surface area (Å²) < 4.78 is 9.20. The molecule has 0 radical (unpaired) electrons. The SMILES string of the molecule is COC(=O)C(=O)OC(C)(C)CCC(C)(C)O. The van der Waals surface area contributed by atoms with Gasteiger partial charge < -0.3 is 14.6 Å². The Bertz CT molecular complexity index is 262. The number of hydrogen-bond acceptors (Lipinski definition) is 5. The van der Waals surface area contributed by atoms with E-state index in [0.29, 0.717) is 12.8 Å². The molecule has 0 amide bonds. The molecule has 0 rings (SSSR count). The van der Waals surface area contributed by atoms with Crippen molar-refractivity contribution in [2.45, 2.75) is 51.7 Å². The quantitative estimate of drug-likeness (QED) is 0.579. The minimum absolute atomic E-state index is 0.458. The number of aliphatic hydroxyl groups is 1. The van der Waals surface area contributed by atoms with E-state index in [1.165, 1.54) is 0 Å². The number of carbonyl (C=O) groups excluding carboxylic acids is 2. The Labute approximate surface area is 95.7 Å². The van der Waals surface area contributed by atoms with Crippen LogP contribution >= 0.6 is 0 Å². The molecule has 1 N–H and O–H groups in total. The van der Waals surface area contributed by atoms with Crippen LogP contribution in [0.3, 0.4) is 0 Å². The smallest absolute Gasteiger partial charge is 0.417 e. The fourth-order valence-electron chi connectivity index (χ4n) is 1.03. The summed E-state index contributed by atoms with van der Waals surface area (Å²) in [4.78, 5) is 22.0. The first-order valence-electron chi connectivity index (χ1n) is 5.11. The molecule has 0 aromatic heterocycles. The van der Waals surface area contributed by atoms with Crippen molar-refractivity contribution in [3.63, 3.8) is 0 Å². The van der Waals surface area contributed by atoms with Crippen molar-refractivity contribution in [3.8, 4) is 0 Å². The van der Waals surface area contributed by atoms with Crippen LogP contribution in [0.15, 0.2) is 0 Å². The zero-order chi connectivity index (χ0) is 13.0. The van der Waals surface area contributed by atoms with Gasteiger partial charge in [0.15, 0.2) is 0 Å². The molecule has 0 aliphatic heterocycles. The van der Waals surface area contributed by atoms with Gasteiger partial charge in [-0.15, -0.1) is 0 Å². The first-order chi connectivity index (χ1) is 7.07. The van der Waals surface area contributed by atoms with E-state index in [4.69, 9.17) is 4.74 Å². The van der Waals surface area contributed by atoms with Crippen LogP contribution in [0.4, 0.5) is 0 Å². The number of esters is 2. The lowest BCUT2D eigenvalue weighted by Crippen LogP contribution is -2.34. The zero-order valence-corrected chi connectivity index (χ0v) is 10.5. The second kappa shape index (κ2) is 5.30. The summed E-state index contributed by atoms with van der Waals surface area (Å²) in [5.74, 6) is -2.03. The highest BCUT2D eigenvalue weighted by molar-refractivity contribution is 6.29. The fourth-order valence-corrected chi connectivity index (χ4v) is 1.03. The summed E-state index contributed by atoms with van der Waals surface area (Å²) in [5, 5.41) is 9.54. The normalized spacial score (nSPS) is 12.1. The molecule has 0 aromatic carbocycles. The van der Waals surface area contributed by atoms with Gasteiger partial charge in [-0.05, 0) is 40.5 Å². The van der Waals surface area contributed by atoms with Gasteiger partial charge >= 0.3 is 11.9 Å². The van der Waals surface area contributed by atoms with Crippen LogP contribution in [-0.2, 0) is 19.1 Å². The van der Waals surface area contributed by atoms with Crippen molar-refractivity contribution in [3.05, 3.63) is 0 Å². The third-order valence-electron chi connectivity index (χ3n) is 2.06. The predicted molar refractivity (Wildman–Crippen MR) is 57.7 cm³/mol. The summed E-state index contributed by atoms with van der Waals surface area (Å²) in [7, 11) is 1.12. The van der Waals surface area contributed by atoms with Crippen molar-refractivity contribution in [1.29, 1.82) is 0 Å². The van der Waals surface area contributed by atoms with E-state index in [1.807, 2.05) is 0 Å². The molecule has 0 aliphatic carbocycles. The average molecular weight is 232 g/mol. The summed E-state index contributed by atoms with van der Waals surface area (Å²) in [6.45, 7) is 6.70. The molecule has 0 atom stereocenters. The van der Waals surface area contributed by atoms with E-state index in [9.17, 15) is 14.7 Å². The molecule has 0 unspecified atom stereocenters. The van der Waals surface area contributed by atoms with Gasteiger partial charge in [-0.3, -0.25) is 0 Å². The van der Waals surface area contributed by atoms with Crippen LogP contribution in [-0.4, -0.2) is 35.4 Å². The van der Waals surface area contributed by atoms with Gasteiger partial charge in [0.25, 0.3) is 0 Å². The van der Waals surface area contributed by atoms with Gasteiger partial charge in [-0.2, -0.15) is 0 Å². The fraction of sp³-hybridized carbons (Fsp3) is 0.818. The van der Waals surface area contributed by atoms with Crippen LogP contribution in [0.2, 0.25) is 0 Å². The van der Waals surface area contributed by atoms with Crippen LogP contribution in [0.1, 0.15) is 40.5 Å². The van der Waals surface area contributed by atoms with E-state index < -0.39 is 23.1 Å². The molecule has 0 saturated carbocycles. The molecule has 0 aromatic rings. The lowest BCUT2D eigenvalue weighted by molar-refractivity contribution is -0.175. The number of hydrogen-bond donors (Lipinski definition) is 1. The Morgan fingerprint density at radius 3 is 1.94 bits per heavy atom. The van der Waals surface area contributed by atoms with Crippen LogP contribution in [0, 0.1) is 0 Å². The molecule has 0 fully saturated rings. The van der Waals surface area contributed by atoms with Crippen molar-refractivity contribution in [2.75, 3.05) is 7.11 Å². The van der Waals surface area contributed by atoms with Crippen LogP contribution in [0.5, 0.6) is 0 Å². The van der Waals surface area contributed by atoms with Gasteiger partial charge in [0, 0.05) is 0 Å². The van der Waals surface area contributed by atoms with Crippen molar-refractivity contribution in [1.82, 2.24) is 0 Å². The summed E-state index contributed by atoms with van der Waals surface area (Å²) in [5.41, 5.74) is -1.62. The summed E-state index contributed by atoms with van der Waals surface area (Å²) >= 11 is 0. The topological polar surface area (TPSA) is 72.8 Å². The Morgan fingerprint density at radius 2 is 1.56 bits per heavy atom. The van der Waals surface area contributed by atoms with E-state index in [2.05, 4.69) is 4.74 Å². The summed E-state index contributed by atoms with van der Waals surface area (Å²) in [6, 6.07) is 0.